The van der Waals surface area contributed by atoms with Crippen LogP contribution >= 0.6 is 11.8 Å². The fraction of sp³-hybridized carbons (Fsp3) is 0.667. The summed E-state index contributed by atoms with van der Waals surface area (Å²) in [6.45, 7) is 6.14. The second-order valence-electron chi connectivity index (χ2n) is 4.46. The number of hydrogen-bond acceptors (Lipinski definition) is 5. The summed E-state index contributed by atoms with van der Waals surface area (Å²) in [5, 5.41) is 8.19. The SMILES string of the molecule is CCC1(CC)CN=C(NCc2ccon2)SC1. The summed E-state index contributed by atoms with van der Waals surface area (Å²) in [6, 6.07) is 1.86. The van der Waals surface area contributed by atoms with Gasteiger partial charge >= 0.3 is 0 Å². The third-order valence-electron chi connectivity index (χ3n) is 3.49. The summed E-state index contributed by atoms with van der Waals surface area (Å²) in [5.74, 6) is 1.16. The molecule has 94 valence electrons. The highest BCUT2D eigenvalue weighted by atomic mass is 32.2. The second kappa shape index (κ2) is 5.58. The van der Waals surface area contributed by atoms with E-state index in [1.165, 1.54) is 12.8 Å². The summed E-state index contributed by atoms with van der Waals surface area (Å²) in [4.78, 5) is 4.63. The van der Waals surface area contributed by atoms with Gasteiger partial charge in [0.25, 0.3) is 0 Å². The molecule has 1 aromatic rings. The van der Waals surface area contributed by atoms with Crippen molar-refractivity contribution in [3.63, 3.8) is 0 Å². The third kappa shape index (κ3) is 3.03. The molecule has 0 saturated carbocycles. The lowest BCUT2D eigenvalue weighted by atomic mass is 9.84. The number of aromatic nitrogens is 1. The molecule has 2 heterocycles. The van der Waals surface area contributed by atoms with E-state index in [2.05, 4.69) is 29.3 Å². The Morgan fingerprint density at radius 1 is 1.47 bits per heavy atom. The van der Waals surface area contributed by atoms with Crippen LogP contribution in [0.25, 0.3) is 0 Å². The molecule has 0 bridgehead atoms. The zero-order valence-electron chi connectivity index (χ0n) is 10.4. The molecule has 0 unspecified atom stereocenters. The van der Waals surface area contributed by atoms with Crippen molar-refractivity contribution in [2.45, 2.75) is 33.2 Å². The summed E-state index contributed by atoms with van der Waals surface area (Å²) < 4.78 is 4.79. The van der Waals surface area contributed by atoms with Crippen LogP contribution in [0.5, 0.6) is 0 Å². The number of aliphatic imine (C=N–C) groups is 1. The quantitative estimate of drug-likeness (QED) is 0.896. The Hall–Kier alpha value is -0.970. The summed E-state index contributed by atoms with van der Waals surface area (Å²) >= 11 is 1.82. The van der Waals surface area contributed by atoms with E-state index in [0.717, 1.165) is 23.2 Å². The largest absolute Gasteiger partial charge is 0.364 e. The van der Waals surface area contributed by atoms with Gasteiger partial charge in [-0.3, -0.25) is 4.99 Å². The van der Waals surface area contributed by atoms with Gasteiger partial charge in [-0.2, -0.15) is 0 Å². The van der Waals surface area contributed by atoms with Gasteiger partial charge in [-0.05, 0) is 18.3 Å². The number of hydrogen-bond donors (Lipinski definition) is 1. The Bertz CT molecular complexity index is 371. The molecule has 0 saturated heterocycles. The Morgan fingerprint density at radius 3 is 2.82 bits per heavy atom. The number of amidine groups is 1. The topological polar surface area (TPSA) is 50.4 Å². The number of nitrogens with zero attached hydrogens (tertiary/aromatic N) is 2. The lowest BCUT2D eigenvalue weighted by Gasteiger charge is -2.33. The molecule has 0 aliphatic carbocycles. The number of rotatable bonds is 4. The monoisotopic (exact) mass is 253 g/mol. The molecule has 1 aliphatic rings. The van der Waals surface area contributed by atoms with Crippen LogP contribution in [0, 0.1) is 5.41 Å². The molecule has 5 heteroatoms. The molecule has 1 aliphatic heterocycles. The molecule has 0 fully saturated rings. The van der Waals surface area contributed by atoms with Gasteiger partial charge in [0.15, 0.2) is 5.17 Å². The smallest absolute Gasteiger partial charge is 0.156 e. The first-order chi connectivity index (χ1) is 8.28. The highest BCUT2D eigenvalue weighted by Crippen LogP contribution is 2.34. The van der Waals surface area contributed by atoms with Gasteiger partial charge in [0.1, 0.15) is 12.0 Å². The Labute approximate surface area is 106 Å². The van der Waals surface area contributed by atoms with E-state index in [4.69, 9.17) is 4.52 Å². The van der Waals surface area contributed by atoms with Gasteiger partial charge < -0.3 is 9.84 Å². The summed E-state index contributed by atoms with van der Waals surface area (Å²) in [7, 11) is 0. The lowest BCUT2D eigenvalue weighted by molar-refractivity contribution is 0.318. The van der Waals surface area contributed by atoms with Gasteiger partial charge in [-0.1, -0.05) is 30.8 Å². The molecule has 0 amide bonds. The van der Waals surface area contributed by atoms with Gasteiger partial charge in [-0.15, -0.1) is 0 Å². The minimum atomic E-state index is 0.406. The Balaban J connectivity index is 1.86. The molecule has 0 spiro atoms. The number of nitrogens with one attached hydrogen (secondary N) is 1. The molecule has 2 rings (SSSR count). The lowest BCUT2D eigenvalue weighted by Crippen LogP contribution is -2.34. The van der Waals surface area contributed by atoms with Crippen molar-refractivity contribution >= 4 is 16.9 Å². The van der Waals surface area contributed by atoms with Crippen LogP contribution in [-0.2, 0) is 6.54 Å². The van der Waals surface area contributed by atoms with E-state index >= 15 is 0 Å². The van der Waals surface area contributed by atoms with Crippen molar-refractivity contribution in [3.8, 4) is 0 Å². The minimum absolute atomic E-state index is 0.406. The van der Waals surface area contributed by atoms with Gasteiger partial charge in [0, 0.05) is 18.4 Å². The molecular weight excluding hydrogens is 234 g/mol. The van der Waals surface area contributed by atoms with Crippen molar-refractivity contribution in [2.24, 2.45) is 10.4 Å². The molecular formula is C12H19N3OS. The van der Waals surface area contributed by atoms with Crippen molar-refractivity contribution in [3.05, 3.63) is 18.0 Å². The van der Waals surface area contributed by atoms with Crippen LogP contribution < -0.4 is 5.32 Å². The first-order valence-corrected chi connectivity index (χ1v) is 7.07. The molecule has 1 aromatic heterocycles. The van der Waals surface area contributed by atoms with Crippen molar-refractivity contribution in [1.29, 1.82) is 0 Å². The zero-order chi connectivity index (χ0) is 12.1. The van der Waals surface area contributed by atoms with Gasteiger partial charge in [0.2, 0.25) is 0 Å². The molecule has 1 N–H and O–H groups in total. The Morgan fingerprint density at radius 2 is 2.29 bits per heavy atom. The fourth-order valence-electron chi connectivity index (χ4n) is 1.83. The third-order valence-corrected chi connectivity index (χ3v) is 4.79. The Kier molecular flexibility index (Phi) is 4.10. The predicted octanol–water partition coefficient (Wildman–Crippen LogP) is 2.67. The van der Waals surface area contributed by atoms with Crippen LogP contribution in [0.15, 0.2) is 21.8 Å². The van der Waals surface area contributed by atoms with Crippen molar-refractivity contribution in [2.75, 3.05) is 12.3 Å². The number of thioether (sulfide) groups is 1. The molecule has 0 aromatic carbocycles. The first kappa shape index (κ1) is 12.5. The average molecular weight is 253 g/mol. The van der Waals surface area contributed by atoms with Gasteiger partial charge in [0.05, 0.1) is 6.54 Å². The van der Waals surface area contributed by atoms with Crippen LogP contribution in [0.2, 0.25) is 0 Å². The van der Waals surface area contributed by atoms with Crippen LogP contribution in [0.3, 0.4) is 0 Å². The van der Waals surface area contributed by atoms with E-state index < -0.39 is 0 Å². The minimum Gasteiger partial charge on any atom is -0.364 e. The van der Waals surface area contributed by atoms with Crippen LogP contribution in [0.1, 0.15) is 32.4 Å². The zero-order valence-corrected chi connectivity index (χ0v) is 11.2. The molecule has 4 nitrogen and oxygen atoms in total. The average Bonchev–Trinajstić information content (AvgIpc) is 2.90. The maximum absolute atomic E-state index is 4.79. The maximum atomic E-state index is 4.79. The van der Waals surface area contributed by atoms with Crippen LogP contribution in [-0.4, -0.2) is 22.6 Å². The highest BCUT2D eigenvalue weighted by molar-refractivity contribution is 8.13. The fourth-order valence-corrected chi connectivity index (χ4v) is 3.10. The van der Waals surface area contributed by atoms with E-state index in [9.17, 15) is 0 Å². The normalized spacial score (nSPS) is 18.8. The molecule has 0 radical (unpaired) electrons. The van der Waals surface area contributed by atoms with Crippen molar-refractivity contribution in [1.82, 2.24) is 10.5 Å². The predicted molar refractivity (Wildman–Crippen MR) is 71.1 cm³/mol. The first-order valence-electron chi connectivity index (χ1n) is 6.08. The summed E-state index contributed by atoms with van der Waals surface area (Å²) in [6.07, 6.45) is 4.00. The second-order valence-corrected chi connectivity index (χ2v) is 5.43. The summed E-state index contributed by atoms with van der Waals surface area (Å²) in [5.41, 5.74) is 1.32. The standard InChI is InChI=1S/C12H19N3OS/c1-3-12(4-2)8-14-11(17-9-12)13-7-10-5-6-16-15-10/h5-6H,3-4,7-9H2,1-2H3,(H,13,14). The maximum Gasteiger partial charge on any atom is 0.156 e. The molecule has 0 atom stereocenters. The van der Waals surface area contributed by atoms with E-state index in [-0.39, 0.29) is 0 Å². The van der Waals surface area contributed by atoms with E-state index in [1.807, 2.05) is 17.8 Å². The molecule has 17 heavy (non-hydrogen) atoms. The highest BCUT2D eigenvalue weighted by Gasteiger charge is 2.29. The van der Waals surface area contributed by atoms with E-state index in [0.29, 0.717) is 12.0 Å². The van der Waals surface area contributed by atoms with Crippen LogP contribution in [0.4, 0.5) is 0 Å². The van der Waals surface area contributed by atoms with E-state index in [1.54, 1.807) is 6.26 Å². The van der Waals surface area contributed by atoms with Gasteiger partial charge in [-0.25, -0.2) is 0 Å². The van der Waals surface area contributed by atoms with Crippen molar-refractivity contribution < 1.29 is 4.52 Å².